The number of hydrogen-bond acceptors (Lipinski definition) is 4. The smallest absolute Gasteiger partial charge is 0.311 e. The highest BCUT2D eigenvalue weighted by Gasteiger charge is 2.35. The highest BCUT2D eigenvalue weighted by atomic mass is 32.2. The maximum Gasteiger partial charge on any atom is 0.311 e. The maximum atomic E-state index is 12.0. The zero-order chi connectivity index (χ0) is 16.5. The van der Waals surface area contributed by atoms with E-state index in [1.807, 2.05) is 0 Å². The van der Waals surface area contributed by atoms with Gasteiger partial charge in [0.2, 0.25) is 15.9 Å². The lowest BCUT2D eigenvalue weighted by Gasteiger charge is -2.17. The minimum absolute atomic E-state index is 0.267. The number of hydrogen-bond donors (Lipinski definition) is 2. The number of carboxylic acids is 1. The summed E-state index contributed by atoms with van der Waals surface area (Å²) < 4.78 is 23.6. The van der Waals surface area contributed by atoms with E-state index in [1.165, 1.54) is 7.05 Å². The van der Waals surface area contributed by atoms with Crippen molar-refractivity contribution in [2.75, 3.05) is 19.8 Å². The van der Waals surface area contributed by atoms with Crippen LogP contribution in [0.25, 0.3) is 0 Å². The van der Waals surface area contributed by atoms with Crippen LogP contribution in [0.3, 0.4) is 0 Å². The largest absolute Gasteiger partial charge is 0.481 e. The van der Waals surface area contributed by atoms with Crippen LogP contribution in [-0.2, 0) is 19.6 Å². The van der Waals surface area contributed by atoms with E-state index >= 15 is 0 Å². The third-order valence-corrected chi connectivity index (χ3v) is 5.05. The number of fused-ring (bicyclic) bond motifs is 1. The van der Waals surface area contributed by atoms with Gasteiger partial charge in [-0.15, -0.1) is 0 Å². The lowest BCUT2D eigenvalue weighted by Crippen LogP contribution is -2.39. The number of benzene rings is 1. The van der Waals surface area contributed by atoms with Gasteiger partial charge < -0.3 is 10.4 Å². The summed E-state index contributed by atoms with van der Waals surface area (Å²) in [5.41, 5.74) is 1.46. The second kappa shape index (κ2) is 6.05. The first-order valence-electron chi connectivity index (χ1n) is 6.72. The summed E-state index contributed by atoms with van der Waals surface area (Å²) in [7, 11) is -2.12. The average Bonchev–Trinajstić information content (AvgIpc) is 2.77. The molecular formula is C14H18N2O5S. The van der Waals surface area contributed by atoms with Gasteiger partial charge in [0, 0.05) is 7.05 Å². The maximum absolute atomic E-state index is 12.0. The molecule has 0 spiro atoms. The summed E-state index contributed by atoms with van der Waals surface area (Å²) in [6.45, 7) is -0.296. The van der Waals surface area contributed by atoms with Crippen LogP contribution in [0.4, 0.5) is 0 Å². The lowest BCUT2D eigenvalue weighted by atomic mass is 10.0. The third kappa shape index (κ3) is 3.45. The van der Waals surface area contributed by atoms with Crippen molar-refractivity contribution in [2.24, 2.45) is 0 Å². The van der Waals surface area contributed by atoms with Gasteiger partial charge in [0.1, 0.15) is 0 Å². The SMILES string of the molecule is CN(CC(=O)NC1CC(C(=O)O)c2ccccc21)S(C)(=O)=O. The molecule has 1 aromatic carbocycles. The summed E-state index contributed by atoms with van der Waals surface area (Å²) >= 11 is 0. The van der Waals surface area contributed by atoms with Crippen LogP contribution in [0, 0.1) is 0 Å². The fourth-order valence-electron chi connectivity index (χ4n) is 2.57. The van der Waals surface area contributed by atoms with Crippen LogP contribution in [-0.4, -0.2) is 49.6 Å². The van der Waals surface area contributed by atoms with Crippen LogP contribution in [0.5, 0.6) is 0 Å². The van der Waals surface area contributed by atoms with Gasteiger partial charge in [0.15, 0.2) is 0 Å². The Bertz CT molecular complexity index is 701. The number of nitrogens with one attached hydrogen (secondary N) is 1. The second-order valence-corrected chi connectivity index (χ2v) is 7.48. The number of carbonyl (C=O) groups is 2. The van der Waals surface area contributed by atoms with Gasteiger partial charge in [-0.25, -0.2) is 8.42 Å². The molecule has 0 fully saturated rings. The Hall–Kier alpha value is -1.93. The molecule has 0 radical (unpaired) electrons. The molecule has 0 aromatic heterocycles. The number of aliphatic carboxylic acids is 1. The molecule has 1 aliphatic rings. The summed E-state index contributed by atoms with van der Waals surface area (Å²) in [4.78, 5) is 23.3. The Balaban J connectivity index is 2.11. The fourth-order valence-corrected chi connectivity index (χ4v) is 2.92. The van der Waals surface area contributed by atoms with Crippen LogP contribution in [0.2, 0.25) is 0 Å². The summed E-state index contributed by atoms with van der Waals surface area (Å²) in [5, 5.41) is 12.0. The molecule has 1 aliphatic carbocycles. The molecule has 1 amide bonds. The molecule has 22 heavy (non-hydrogen) atoms. The standard InChI is InChI=1S/C14H18N2O5S/c1-16(22(2,20)21)8-13(17)15-12-7-11(14(18)19)9-5-3-4-6-10(9)12/h3-6,11-12H,7-8H2,1-2H3,(H,15,17)(H,18,19). The van der Waals surface area contributed by atoms with Gasteiger partial charge in [-0.3, -0.25) is 9.59 Å². The van der Waals surface area contributed by atoms with Gasteiger partial charge in [-0.2, -0.15) is 4.31 Å². The van der Waals surface area contributed by atoms with Crippen LogP contribution < -0.4 is 5.32 Å². The molecule has 8 heteroatoms. The molecule has 0 saturated carbocycles. The number of sulfonamides is 1. The number of carboxylic acid groups (broad SMARTS) is 1. The van der Waals surface area contributed by atoms with E-state index in [4.69, 9.17) is 0 Å². The molecule has 0 bridgehead atoms. The van der Waals surface area contributed by atoms with Crippen molar-refractivity contribution in [3.8, 4) is 0 Å². The molecular weight excluding hydrogens is 308 g/mol. The topological polar surface area (TPSA) is 104 Å². The Morgan fingerprint density at radius 3 is 2.45 bits per heavy atom. The molecule has 0 heterocycles. The third-order valence-electron chi connectivity index (χ3n) is 3.78. The minimum atomic E-state index is -3.44. The summed E-state index contributed by atoms with van der Waals surface area (Å²) in [5.74, 6) is -2.05. The normalized spacial score (nSPS) is 20.7. The van der Waals surface area contributed by atoms with Crippen LogP contribution >= 0.6 is 0 Å². The van der Waals surface area contributed by atoms with Gasteiger partial charge in [-0.05, 0) is 17.5 Å². The van der Waals surface area contributed by atoms with E-state index in [2.05, 4.69) is 5.32 Å². The number of nitrogens with zero attached hydrogens (tertiary/aromatic N) is 1. The highest BCUT2D eigenvalue weighted by Crippen LogP contribution is 2.40. The lowest BCUT2D eigenvalue weighted by molar-refractivity contribution is -0.139. The first-order chi connectivity index (χ1) is 10.2. The quantitative estimate of drug-likeness (QED) is 0.810. The van der Waals surface area contributed by atoms with E-state index in [0.717, 1.165) is 16.1 Å². The van der Waals surface area contributed by atoms with Crippen molar-refractivity contribution in [1.82, 2.24) is 9.62 Å². The molecule has 120 valence electrons. The number of likely N-dealkylation sites (N-methyl/N-ethyl adjacent to an activating group) is 1. The molecule has 2 atom stereocenters. The van der Waals surface area contributed by atoms with Crippen molar-refractivity contribution >= 4 is 21.9 Å². The zero-order valence-corrected chi connectivity index (χ0v) is 13.1. The summed E-state index contributed by atoms with van der Waals surface area (Å²) in [6.07, 6.45) is 1.29. The van der Waals surface area contributed by atoms with Crippen molar-refractivity contribution in [3.05, 3.63) is 35.4 Å². The highest BCUT2D eigenvalue weighted by molar-refractivity contribution is 7.88. The van der Waals surface area contributed by atoms with Gasteiger partial charge in [0.25, 0.3) is 0 Å². The molecule has 7 nitrogen and oxygen atoms in total. The Morgan fingerprint density at radius 1 is 1.32 bits per heavy atom. The molecule has 0 aliphatic heterocycles. The Morgan fingerprint density at radius 2 is 1.91 bits per heavy atom. The van der Waals surface area contributed by atoms with Crippen molar-refractivity contribution in [3.63, 3.8) is 0 Å². The van der Waals surface area contributed by atoms with Crippen molar-refractivity contribution in [2.45, 2.75) is 18.4 Å². The fraction of sp³-hybridized carbons (Fsp3) is 0.429. The molecule has 2 rings (SSSR count). The predicted octanol–water partition coefficient (Wildman–Crippen LogP) is 0.307. The van der Waals surface area contributed by atoms with E-state index in [9.17, 15) is 23.1 Å². The van der Waals surface area contributed by atoms with Gasteiger partial charge in [0.05, 0.1) is 24.8 Å². The first kappa shape index (κ1) is 16.4. The molecule has 1 aromatic rings. The van der Waals surface area contributed by atoms with Crippen molar-refractivity contribution < 1.29 is 23.1 Å². The van der Waals surface area contributed by atoms with Crippen LogP contribution in [0.1, 0.15) is 29.5 Å². The molecule has 0 saturated heterocycles. The molecule has 2 N–H and O–H groups in total. The Kier molecular flexibility index (Phi) is 4.52. The van der Waals surface area contributed by atoms with E-state index < -0.39 is 33.9 Å². The minimum Gasteiger partial charge on any atom is -0.481 e. The van der Waals surface area contributed by atoms with Gasteiger partial charge in [-0.1, -0.05) is 24.3 Å². The zero-order valence-electron chi connectivity index (χ0n) is 12.3. The van der Waals surface area contributed by atoms with E-state index in [0.29, 0.717) is 5.56 Å². The molecule has 2 unspecified atom stereocenters. The van der Waals surface area contributed by atoms with E-state index in [1.54, 1.807) is 24.3 Å². The predicted molar refractivity (Wildman–Crippen MR) is 79.8 cm³/mol. The number of amides is 1. The van der Waals surface area contributed by atoms with E-state index in [-0.39, 0.29) is 13.0 Å². The second-order valence-electron chi connectivity index (χ2n) is 5.39. The number of rotatable bonds is 5. The van der Waals surface area contributed by atoms with Gasteiger partial charge >= 0.3 is 5.97 Å². The van der Waals surface area contributed by atoms with Crippen molar-refractivity contribution in [1.29, 1.82) is 0 Å². The Labute approximate surface area is 129 Å². The van der Waals surface area contributed by atoms with Crippen LogP contribution in [0.15, 0.2) is 24.3 Å². The number of carbonyl (C=O) groups excluding carboxylic acids is 1. The monoisotopic (exact) mass is 326 g/mol. The first-order valence-corrected chi connectivity index (χ1v) is 8.57. The average molecular weight is 326 g/mol. The summed E-state index contributed by atoms with van der Waals surface area (Å²) in [6, 6.07) is 6.64.